The molecule has 0 spiro atoms. The molecule has 2 unspecified atom stereocenters. The van der Waals surface area contributed by atoms with Crippen molar-refractivity contribution in [2.75, 3.05) is 56.7 Å². The van der Waals surface area contributed by atoms with Crippen LogP contribution in [0.4, 0.5) is 11.5 Å². The fourth-order valence-electron chi connectivity index (χ4n) is 6.39. The first-order chi connectivity index (χ1) is 18.5. The maximum absolute atomic E-state index is 10.4. The number of likely N-dealkylation sites (tertiary alicyclic amines) is 1. The van der Waals surface area contributed by atoms with Crippen LogP contribution in [-0.4, -0.2) is 78.9 Å². The number of benzene rings is 2. The second-order valence-corrected chi connectivity index (χ2v) is 11.4. The minimum atomic E-state index is 0.234. The third kappa shape index (κ3) is 5.09. The number of phenols is 1. The van der Waals surface area contributed by atoms with Crippen molar-refractivity contribution in [3.05, 3.63) is 46.6 Å². The standard InChI is InChI=1S/C24H26ClN5O2.C5H11N/c1-32-24-27-20-13-29(21-10-17(31)9-14-3-2-4-19(25)22(14)21)8-7-18(20)23(28-24)30-11-15-5-6-16(12-30)26-15;1-6-4-2-3-5-6/h2-4,9-10,15-16,26,31H,5-8,11-13H2,1H3;2-5H2,1H3. The molecule has 0 saturated carbocycles. The monoisotopic (exact) mass is 536 g/mol. The van der Waals surface area contributed by atoms with Gasteiger partial charge < -0.3 is 29.9 Å². The summed E-state index contributed by atoms with van der Waals surface area (Å²) >= 11 is 6.58. The quantitative estimate of drug-likeness (QED) is 0.515. The molecule has 0 amide bonds. The Hall–Kier alpha value is -2.81. The number of aromatic nitrogens is 2. The van der Waals surface area contributed by atoms with Crippen molar-refractivity contribution in [1.29, 1.82) is 0 Å². The molecular formula is C29H37ClN6O2. The molecule has 2 aromatic carbocycles. The normalized spacial score (nSPS) is 22.8. The van der Waals surface area contributed by atoms with E-state index < -0.39 is 0 Å². The van der Waals surface area contributed by atoms with Crippen LogP contribution in [0.5, 0.6) is 11.8 Å². The fourth-order valence-corrected chi connectivity index (χ4v) is 6.66. The Kier molecular flexibility index (Phi) is 7.20. The third-order valence-electron chi connectivity index (χ3n) is 8.28. The number of phenolic OH excluding ortho intramolecular Hbond substituents is 1. The fraction of sp³-hybridized carbons (Fsp3) is 0.517. The maximum atomic E-state index is 10.4. The van der Waals surface area contributed by atoms with E-state index >= 15 is 0 Å². The van der Waals surface area contributed by atoms with E-state index in [0.717, 1.165) is 54.0 Å². The molecule has 1 aromatic heterocycles. The molecule has 202 valence electrons. The summed E-state index contributed by atoms with van der Waals surface area (Å²) in [6.45, 7) is 6.00. The lowest BCUT2D eigenvalue weighted by Crippen LogP contribution is -2.52. The Bertz CT molecular complexity index is 1300. The van der Waals surface area contributed by atoms with Crippen molar-refractivity contribution in [2.24, 2.45) is 0 Å². The van der Waals surface area contributed by atoms with E-state index in [1.165, 1.54) is 44.3 Å². The van der Waals surface area contributed by atoms with Gasteiger partial charge in [-0.15, -0.1) is 0 Å². The summed E-state index contributed by atoms with van der Waals surface area (Å²) < 4.78 is 5.49. The Morgan fingerprint density at radius 1 is 1.03 bits per heavy atom. The number of nitrogens with one attached hydrogen (secondary N) is 1. The molecular weight excluding hydrogens is 500 g/mol. The Morgan fingerprint density at radius 2 is 1.79 bits per heavy atom. The highest BCUT2D eigenvalue weighted by Gasteiger charge is 2.35. The van der Waals surface area contributed by atoms with Gasteiger partial charge in [0.05, 0.1) is 30.1 Å². The zero-order valence-corrected chi connectivity index (χ0v) is 23.0. The van der Waals surface area contributed by atoms with E-state index in [4.69, 9.17) is 26.3 Å². The SMILES string of the molecule is CN1CCCC1.COc1nc2c(c(N3CC4CCC(C3)N4)n1)CCN(c1cc(O)cc3cccc(Cl)c13)C2. The largest absolute Gasteiger partial charge is 0.508 e. The number of anilines is 2. The lowest BCUT2D eigenvalue weighted by molar-refractivity contribution is 0.374. The van der Waals surface area contributed by atoms with Gasteiger partial charge in [0.15, 0.2) is 0 Å². The van der Waals surface area contributed by atoms with E-state index in [0.29, 0.717) is 29.7 Å². The van der Waals surface area contributed by atoms with Gasteiger partial charge in [0.1, 0.15) is 11.6 Å². The predicted molar refractivity (Wildman–Crippen MR) is 153 cm³/mol. The lowest BCUT2D eigenvalue weighted by atomic mass is 10.0. The minimum absolute atomic E-state index is 0.234. The summed E-state index contributed by atoms with van der Waals surface area (Å²) in [5.74, 6) is 1.25. The first kappa shape index (κ1) is 25.5. The summed E-state index contributed by atoms with van der Waals surface area (Å²) in [6.07, 6.45) is 6.11. The van der Waals surface area contributed by atoms with Gasteiger partial charge in [-0.2, -0.15) is 9.97 Å². The number of aromatic hydroxyl groups is 1. The van der Waals surface area contributed by atoms with Crippen LogP contribution in [0.3, 0.4) is 0 Å². The molecule has 38 heavy (non-hydrogen) atoms. The number of fused-ring (bicyclic) bond motifs is 4. The molecule has 2 N–H and O–H groups in total. The third-order valence-corrected chi connectivity index (χ3v) is 8.60. The molecule has 8 nitrogen and oxygen atoms in total. The number of piperazine rings is 1. The van der Waals surface area contributed by atoms with E-state index in [1.807, 2.05) is 18.2 Å². The molecule has 7 rings (SSSR count). The van der Waals surface area contributed by atoms with E-state index in [2.05, 4.69) is 27.1 Å². The smallest absolute Gasteiger partial charge is 0.318 e. The van der Waals surface area contributed by atoms with Gasteiger partial charge in [-0.25, -0.2) is 0 Å². The molecule has 3 fully saturated rings. The average molecular weight is 537 g/mol. The van der Waals surface area contributed by atoms with Crippen LogP contribution in [0.25, 0.3) is 10.8 Å². The van der Waals surface area contributed by atoms with Gasteiger partial charge in [-0.1, -0.05) is 23.7 Å². The van der Waals surface area contributed by atoms with Crippen molar-refractivity contribution in [1.82, 2.24) is 20.2 Å². The number of halogens is 1. The highest BCUT2D eigenvalue weighted by Crippen LogP contribution is 2.39. The molecule has 3 aromatic rings. The molecule has 0 radical (unpaired) electrons. The molecule has 5 heterocycles. The van der Waals surface area contributed by atoms with Crippen molar-refractivity contribution in [2.45, 2.75) is 50.7 Å². The average Bonchev–Trinajstić information content (AvgIpc) is 3.54. The van der Waals surface area contributed by atoms with Gasteiger partial charge in [-0.3, -0.25) is 0 Å². The highest BCUT2D eigenvalue weighted by molar-refractivity contribution is 6.36. The Morgan fingerprint density at radius 3 is 2.47 bits per heavy atom. The van der Waals surface area contributed by atoms with E-state index in [1.54, 1.807) is 19.2 Å². The zero-order valence-electron chi connectivity index (χ0n) is 22.3. The topological polar surface area (TPSA) is 77.0 Å². The number of hydrogen-bond donors (Lipinski definition) is 2. The van der Waals surface area contributed by atoms with Crippen LogP contribution >= 0.6 is 11.6 Å². The predicted octanol–water partition coefficient (Wildman–Crippen LogP) is 4.21. The van der Waals surface area contributed by atoms with Crippen LogP contribution in [0.2, 0.25) is 5.02 Å². The molecule has 9 heteroatoms. The second kappa shape index (κ2) is 10.8. The number of rotatable bonds is 3. The summed E-state index contributed by atoms with van der Waals surface area (Å²) in [5.41, 5.74) is 3.11. The number of ether oxygens (including phenoxy) is 1. The minimum Gasteiger partial charge on any atom is -0.508 e. The second-order valence-electron chi connectivity index (χ2n) is 11.0. The van der Waals surface area contributed by atoms with Crippen LogP contribution in [0.15, 0.2) is 30.3 Å². The van der Waals surface area contributed by atoms with Gasteiger partial charge in [0.25, 0.3) is 0 Å². The van der Waals surface area contributed by atoms with Gasteiger partial charge in [0.2, 0.25) is 0 Å². The first-order valence-electron chi connectivity index (χ1n) is 13.8. The van der Waals surface area contributed by atoms with Crippen LogP contribution in [0.1, 0.15) is 36.9 Å². The summed E-state index contributed by atoms with van der Waals surface area (Å²) in [7, 11) is 3.79. The lowest BCUT2D eigenvalue weighted by Gasteiger charge is -2.37. The van der Waals surface area contributed by atoms with Gasteiger partial charge in [0, 0.05) is 48.7 Å². The molecule has 2 bridgehead atoms. The molecule has 4 aliphatic heterocycles. The van der Waals surface area contributed by atoms with Crippen molar-refractivity contribution >= 4 is 33.9 Å². The van der Waals surface area contributed by atoms with Crippen molar-refractivity contribution in [3.63, 3.8) is 0 Å². The number of nitrogens with zero attached hydrogens (tertiary/aromatic N) is 5. The van der Waals surface area contributed by atoms with E-state index in [-0.39, 0.29) is 5.75 Å². The number of hydrogen-bond acceptors (Lipinski definition) is 8. The molecule has 0 aliphatic carbocycles. The molecule has 2 atom stereocenters. The number of methoxy groups -OCH3 is 1. The molecule has 3 saturated heterocycles. The molecule has 4 aliphatic rings. The summed E-state index contributed by atoms with van der Waals surface area (Å²) in [6, 6.07) is 10.8. The van der Waals surface area contributed by atoms with E-state index in [9.17, 15) is 5.11 Å². The van der Waals surface area contributed by atoms with Gasteiger partial charge in [-0.05, 0) is 69.8 Å². The maximum Gasteiger partial charge on any atom is 0.318 e. The van der Waals surface area contributed by atoms with Crippen LogP contribution in [-0.2, 0) is 13.0 Å². The Balaban J connectivity index is 0.000000390. The summed E-state index contributed by atoms with van der Waals surface area (Å²) in [5, 5.41) is 16.6. The van der Waals surface area contributed by atoms with Gasteiger partial charge >= 0.3 is 6.01 Å². The summed E-state index contributed by atoms with van der Waals surface area (Å²) in [4.78, 5) is 16.5. The Labute approximate surface area is 229 Å². The van der Waals surface area contributed by atoms with Crippen LogP contribution < -0.4 is 19.9 Å². The first-order valence-corrected chi connectivity index (χ1v) is 14.2. The van der Waals surface area contributed by atoms with Crippen molar-refractivity contribution in [3.8, 4) is 11.8 Å². The zero-order chi connectivity index (χ0) is 26.2. The van der Waals surface area contributed by atoms with Crippen LogP contribution in [0, 0.1) is 0 Å². The highest BCUT2D eigenvalue weighted by atomic mass is 35.5. The van der Waals surface area contributed by atoms with Crippen molar-refractivity contribution < 1.29 is 9.84 Å².